The molecule has 0 unspecified atom stereocenters. The molecule has 0 saturated carbocycles. The number of phenols is 2. The average Bonchev–Trinajstić information content (AvgIpc) is 3.06. The van der Waals surface area contributed by atoms with Gasteiger partial charge in [-0.05, 0) is 47.9 Å². The molecule has 0 aliphatic heterocycles. The van der Waals surface area contributed by atoms with Gasteiger partial charge in [0.05, 0.1) is 36.7 Å². The van der Waals surface area contributed by atoms with E-state index in [1.807, 2.05) is 0 Å². The van der Waals surface area contributed by atoms with Crippen LogP contribution in [0.25, 0.3) is 10.8 Å². The Morgan fingerprint density at radius 3 is 1.52 bits per heavy atom. The molecule has 5 rings (SSSR count). The van der Waals surface area contributed by atoms with Gasteiger partial charge in [0.2, 0.25) is 0 Å². The van der Waals surface area contributed by atoms with E-state index in [1.165, 1.54) is 12.1 Å². The number of nitrogens with zero attached hydrogens (tertiary/aromatic N) is 8. The smallest absolute Gasteiger partial charge is 0.872 e. The van der Waals surface area contributed by atoms with Gasteiger partial charge >= 0.3 is 59.1 Å². The Balaban J connectivity index is 0.00000392. The first-order chi connectivity index (χ1) is 24.3. The van der Waals surface area contributed by atoms with Crippen LogP contribution in [0.15, 0.2) is 113 Å². The number of nitro benzene ring substituents is 2. The minimum absolute atomic E-state index is 0. The summed E-state index contributed by atoms with van der Waals surface area (Å²) in [6.45, 7) is 0. The molecular formula is C28H16N8Na2O14S2. The van der Waals surface area contributed by atoms with Crippen molar-refractivity contribution in [2.75, 3.05) is 0 Å². The predicted octanol–water partition coefficient (Wildman–Crippen LogP) is -0.0378. The number of azo groups is 3. The third-order valence-electron chi connectivity index (χ3n) is 6.75. The molecule has 0 bridgehead atoms. The molecule has 0 saturated heterocycles. The SMILES string of the molecule is O=[N+]([O-])c1ccc(N=Nc2c(O)c(N=Nc3ccc([N+](=O)[O-])cc3[O-])cc(N=Nc3cc(S(=O)(=O)O)cc4cc(S(=O)(=O)O)cc([O-])c34)c2O)cc1.[Na+].[Na+]. The fraction of sp³-hybridized carbons (Fsp3) is 0. The quantitative estimate of drug-likeness (QED) is 0.0474. The topological polar surface area (TPSA) is 356 Å². The van der Waals surface area contributed by atoms with Crippen molar-refractivity contribution < 1.29 is 115 Å². The van der Waals surface area contributed by atoms with Crippen LogP contribution < -0.4 is 69.3 Å². The van der Waals surface area contributed by atoms with Crippen LogP contribution >= 0.6 is 0 Å². The summed E-state index contributed by atoms with van der Waals surface area (Å²) in [5.74, 6) is -3.94. The number of hydrogen-bond acceptors (Lipinski definition) is 18. The van der Waals surface area contributed by atoms with Gasteiger partial charge in [0, 0.05) is 35.7 Å². The van der Waals surface area contributed by atoms with Crippen LogP contribution in [0.1, 0.15) is 0 Å². The Morgan fingerprint density at radius 2 is 1.02 bits per heavy atom. The summed E-state index contributed by atoms with van der Waals surface area (Å²) in [7, 11) is -9.99. The van der Waals surface area contributed by atoms with Crippen molar-refractivity contribution in [2.24, 2.45) is 30.7 Å². The molecule has 5 aromatic carbocycles. The van der Waals surface area contributed by atoms with E-state index in [9.17, 15) is 66.6 Å². The van der Waals surface area contributed by atoms with Gasteiger partial charge in [0.1, 0.15) is 11.4 Å². The van der Waals surface area contributed by atoms with Gasteiger partial charge < -0.3 is 20.4 Å². The van der Waals surface area contributed by atoms with Crippen molar-refractivity contribution in [1.29, 1.82) is 0 Å². The van der Waals surface area contributed by atoms with Crippen LogP contribution in [-0.2, 0) is 20.2 Å². The van der Waals surface area contributed by atoms with E-state index >= 15 is 0 Å². The maximum Gasteiger partial charge on any atom is 1.00 e. The summed E-state index contributed by atoms with van der Waals surface area (Å²) in [4.78, 5) is 18.6. The predicted molar refractivity (Wildman–Crippen MR) is 171 cm³/mol. The maximum atomic E-state index is 12.9. The zero-order chi connectivity index (χ0) is 38.1. The Morgan fingerprint density at radius 1 is 0.537 bits per heavy atom. The first-order valence-corrected chi connectivity index (χ1v) is 16.5. The third kappa shape index (κ3) is 9.74. The van der Waals surface area contributed by atoms with Crippen molar-refractivity contribution >= 4 is 76.5 Å². The van der Waals surface area contributed by atoms with Crippen LogP contribution in [0.5, 0.6) is 23.0 Å². The zero-order valence-electron chi connectivity index (χ0n) is 27.2. The molecule has 0 radical (unpaired) electrons. The number of fused-ring (bicyclic) bond motifs is 1. The van der Waals surface area contributed by atoms with Gasteiger partial charge in [0.25, 0.3) is 31.6 Å². The van der Waals surface area contributed by atoms with Crippen molar-refractivity contribution in [3.63, 3.8) is 0 Å². The van der Waals surface area contributed by atoms with Gasteiger partial charge in [-0.2, -0.15) is 27.1 Å². The van der Waals surface area contributed by atoms with E-state index in [2.05, 4.69) is 30.7 Å². The molecule has 0 atom stereocenters. The van der Waals surface area contributed by atoms with Crippen molar-refractivity contribution in [3.05, 3.63) is 93.0 Å². The number of benzene rings is 5. The van der Waals surface area contributed by atoms with E-state index in [1.54, 1.807) is 0 Å². The van der Waals surface area contributed by atoms with Gasteiger partial charge in [-0.3, -0.25) is 29.3 Å². The molecule has 0 heterocycles. The van der Waals surface area contributed by atoms with Gasteiger partial charge in [-0.1, -0.05) is 11.5 Å². The van der Waals surface area contributed by atoms with Crippen LogP contribution in [0, 0.1) is 20.2 Å². The van der Waals surface area contributed by atoms with Crippen molar-refractivity contribution in [2.45, 2.75) is 9.79 Å². The largest absolute Gasteiger partial charge is 1.00 e. The molecule has 26 heteroatoms. The first kappa shape index (κ1) is 43.4. The van der Waals surface area contributed by atoms with E-state index in [-0.39, 0.29) is 70.5 Å². The molecule has 0 amide bonds. The molecule has 22 nitrogen and oxygen atoms in total. The second-order valence-electron chi connectivity index (χ2n) is 10.2. The number of non-ortho nitro benzene ring substituents is 2. The second kappa shape index (κ2) is 17.0. The van der Waals surface area contributed by atoms with Gasteiger partial charge in [-0.25, -0.2) is 0 Å². The van der Waals surface area contributed by atoms with Crippen molar-refractivity contribution in [1.82, 2.24) is 0 Å². The van der Waals surface area contributed by atoms with E-state index in [4.69, 9.17) is 0 Å². The molecule has 0 aliphatic rings. The molecule has 54 heavy (non-hydrogen) atoms. The Hall–Kier alpha value is -5.02. The number of nitro groups is 2. The maximum absolute atomic E-state index is 12.9. The summed E-state index contributed by atoms with van der Waals surface area (Å²) >= 11 is 0. The average molecular weight is 799 g/mol. The monoisotopic (exact) mass is 798 g/mol. The Bertz CT molecular complexity index is 2640. The summed E-state index contributed by atoms with van der Waals surface area (Å²) in [5.41, 5.74) is -3.88. The molecule has 5 aromatic rings. The standard InChI is InChI=1S/C28H18N8O14S2.2Na/c37-23-9-16(36(43)44)5-6-19(23)30-32-21-12-22(28(40)26(27(21)39)34-29-14-1-3-15(4-2-14)35(41)42)33-31-20-10-17(51(45,46)47)7-13-8-18(52(48,49)50)11-24(38)25(13)20;;/h1-12,37-40H,(H,45,46,47)(H,48,49,50);;/q;2*+1/p-2. The van der Waals surface area contributed by atoms with Crippen LogP contribution in [0.3, 0.4) is 0 Å². The molecule has 0 aromatic heterocycles. The van der Waals surface area contributed by atoms with E-state index in [0.29, 0.717) is 18.2 Å². The Labute approximate surface area is 345 Å². The van der Waals surface area contributed by atoms with Gasteiger partial charge in [-0.15, -0.1) is 20.5 Å². The summed E-state index contributed by atoms with van der Waals surface area (Å²) in [5, 5.41) is 90.8. The molecule has 4 N–H and O–H groups in total. The van der Waals surface area contributed by atoms with Crippen LogP contribution in [0.4, 0.5) is 45.5 Å². The fourth-order valence-corrected chi connectivity index (χ4v) is 5.38. The number of aromatic hydroxyl groups is 2. The van der Waals surface area contributed by atoms with Crippen molar-refractivity contribution in [3.8, 4) is 23.0 Å². The van der Waals surface area contributed by atoms with E-state index < -0.39 is 108 Å². The molecule has 0 spiro atoms. The number of phenolic OH excluding ortho intramolecular Hbond substituents is 2. The molecule has 0 fully saturated rings. The van der Waals surface area contributed by atoms with Gasteiger partial charge in [0.15, 0.2) is 17.2 Å². The summed E-state index contributed by atoms with van der Waals surface area (Å²) in [6.07, 6.45) is 0. The van der Waals surface area contributed by atoms with E-state index in [0.717, 1.165) is 42.5 Å². The second-order valence-corrected chi connectivity index (χ2v) is 13.0. The molecule has 0 aliphatic carbocycles. The third-order valence-corrected chi connectivity index (χ3v) is 8.42. The van der Waals surface area contributed by atoms with Crippen LogP contribution in [-0.4, -0.2) is 46.0 Å². The minimum Gasteiger partial charge on any atom is -0.872 e. The summed E-state index contributed by atoms with van der Waals surface area (Å²) < 4.78 is 66.4. The Kier molecular flexibility index (Phi) is 13.6. The minimum atomic E-state index is -5.03. The fourth-order valence-electron chi connectivity index (χ4n) is 4.31. The normalized spacial score (nSPS) is 11.9. The van der Waals surface area contributed by atoms with Crippen LogP contribution in [0.2, 0.25) is 0 Å². The molecule has 266 valence electrons. The zero-order valence-corrected chi connectivity index (χ0v) is 32.8. The summed E-state index contributed by atoms with van der Waals surface area (Å²) in [6, 6.07) is 10.5. The molecular weight excluding hydrogens is 782 g/mol. The number of rotatable bonds is 10. The first-order valence-electron chi connectivity index (χ1n) is 13.6. The number of hydrogen-bond donors (Lipinski definition) is 4.